The van der Waals surface area contributed by atoms with E-state index < -0.39 is 0 Å². The summed E-state index contributed by atoms with van der Waals surface area (Å²) in [5, 5.41) is 3.44. The fourth-order valence-corrected chi connectivity index (χ4v) is 0.759. The summed E-state index contributed by atoms with van der Waals surface area (Å²) in [7, 11) is 1.70. The Labute approximate surface area is 74.3 Å². The minimum Gasteiger partial charge on any atom is -0.383 e. The molecule has 0 aliphatic heterocycles. The van der Waals surface area contributed by atoms with E-state index in [-0.39, 0.29) is 5.38 Å². The number of nitrogens with one attached hydrogen (secondary N) is 1. The molecule has 0 heterocycles. The smallest absolute Gasteiger partial charge is 0.0587 e. The first-order valence-electron chi connectivity index (χ1n) is 4.02. The first kappa shape index (κ1) is 11.2. The number of rotatable bonds is 6. The minimum absolute atomic E-state index is 0.229. The predicted octanol–water partition coefficient (Wildman–Crippen LogP) is 1.49. The summed E-state index contributed by atoms with van der Waals surface area (Å²) in [5.74, 6) is 0.534. The molecule has 3 heteroatoms. The Morgan fingerprint density at radius 2 is 2.09 bits per heavy atom. The van der Waals surface area contributed by atoms with Gasteiger partial charge in [-0.25, -0.2) is 0 Å². The van der Waals surface area contributed by atoms with Crippen LogP contribution in [0.1, 0.15) is 13.8 Å². The minimum atomic E-state index is 0.229. The molecular formula is C8H18ClNO. The van der Waals surface area contributed by atoms with Crippen molar-refractivity contribution in [3.05, 3.63) is 0 Å². The molecule has 0 aromatic carbocycles. The Morgan fingerprint density at radius 3 is 2.55 bits per heavy atom. The lowest BCUT2D eigenvalue weighted by molar-refractivity contribution is 0.199. The normalized spacial score (nSPS) is 13.9. The third-order valence-electron chi connectivity index (χ3n) is 1.55. The zero-order valence-electron chi connectivity index (χ0n) is 7.56. The molecule has 0 spiro atoms. The van der Waals surface area contributed by atoms with Crippen LogP contribution in [0.3, 0.4) is 0 Å². The van der Waals surface area contributed by atoms with Crippen molar-refractivity contribution in [3.8, 4) is 0 Å². The van der Waals surface area contributed by atoms with Crippen molar-refractivity contribution in [1.29, 1.82) is 0 Å². The van der Waals surface area contributed by atoms with E-state index in [0.717, 1.165) is 19.7 Å². The molecule has 0 amide bonds. The van der Waals surface area contributed by atoms with E-state index in [0.29, 0.717) is 5.92 Å². The monoisotopic (exact) mass is 179 g/mol. The highest BCUT2D eigenvalue weighted by molar-refractivity contribution is 6.20. The van der Waals surface area contributed by atoms with E-state index in [4.69, 9.17) is 16.3 Å². The van der Waals surface area contributed by atoms with Crippen LogP contribution in [0.4, 0.5) is 0 Å². The molecule has 0 aliphatic carbocycles. The van der Waals surface area contributed by atoms with Gasteiger partial charge in [-0.3, -0.25) is 0 Å². The van der Waals surface area contributed by atoms with Crippen molar-refractivity contribution < 1.29 is 4.74 Å². The van der Waals surface area contributed by atoms with Gasteiger partial charge in [-0.05, 0) is 5.92 Å². The van der Waals surface area contributed by atoms with Crippen molar-refractivity contribution in [3.63, 3.8) is 0 Å². The van der Waals surface area contributed by atoms with Gasteiger partial charge in [-0.2, -0.15) is 0 Å². The van der Waals surface area contributed by atoms with Crippen molar-refractivity contribution >= 4 is 11.6 Å². The number of methoxy groups -OCH3 is 1. The number of hydrogen-bond acceptors (Lipinski definition) is 2. The maximum atomic E-state index is 5.99. The Balaban J connectivity index is 3.10. The maximum Gasteiger partial charge on any atom is 0.0587 e. The molecule has 0 bridgehead atoms. The first-order valence-corrected chi connectivity index (χ1v) is 4.45. The molecule has 0 fully saturated rings. The summed E-state index contributed by atoms with van der Waals surface area (Å²) in [5.41, 5.74) is 0. The van der Waals surface area contributed by atoms with Crippen molar-refractivity contribution in [2.24, 2.45) is 5.92 Å². The molecule has 1 atom stereocenters. The molecule has 0 radical (unpaired) electrons. The molecule has 2 nitrogen and oxygen atoms in total. The SMILES string of the molecule is COCCNCC(Cl)C(C)C. The molecule has 11 heavy (non-hydrogen) atoms. The van der Waals surface area contributed by atoms with Gasteiger partial charge in [-0.1, -0.05) is 13.8 Å². The van der Waals surface area contributed by atoms with Gasteiger partial charge >= 0.3 is 0 Å². The molecular weight excluding hydrogens is 162 g/mol. The van der Waals surface area contributed by atoms with Gasteiger partial charge < -0.3 is 10.1 Å². The zero-order valence-corrected chi connectivity index (χ0v) is 8.32. The molecule has 1 unspecified atom stereocenters. The van der Waals surface area contributed by atoms with Crippen LogP contribution in [-0.2, 0) is 4.74 Å². The highest BCUT2D eigenvalue weighted by Gasteiger charge is 2.07. The summed E-state index contributed by atoms with van der Waals surface area (Å²) < 4.78 is 4.88. The van der Waals surface area contributed by atoms with Crippen LogP contribution in [0.15, 0.2) is 0 Å². The maximum absolute atomic E-state index is 5.99. The average Bonchev–Trinajstić information content (AvgIpc) is 1.97. The van der Waals surface area contributed by atoms with Crippen LogP contribution < -0.4 is 5.32 Å². The molecule has 0 rings (SSSR count). The molecule has 0 aromatic rings. The second-order valence-electron chi connectivity index (χ2n) is 2.96. The molecule has 0 aliphatic rings. The average molecular weight is 180 g/mol. The van der Waals surface area contributed by atoms with E-state index >= 15 is 0 Å². The Morgan fingerprint density at radius 1 is 1.45 bits per heavy atom. The molecule has 68 valence electrons. The van der Waals surface area contributed by atoms with Gasteiger partial charge in [0.05, 0.1) is 6.61 Å². The molecule has 0 saturated heterocycles. The first-order chi connectivity index (χ1) is 5.18. The summed E-state index contributed by atoms with van der Waals surface area (Å²) in [6.07, 6.45) is 0. The lowest BCUT2D eigenvalue weighted by Crippen LogP contribution is -2.29. The van der Waals surface area contributed by atoms with E-state index in [1.165, 1.54) is 0 Å². The zero-order chi connectivity index (χ0) is 8.69. The third kappa shape index (κ3) is 6.60. The summed E-state index contributed by atoms with van der Waals surface area (Å²) in [6, 6.07) is 0. The van der Waals surface area contributed by atoms with Crippen LogP contribution in [0.25, 0.3) is 0 Å². The molecule has 1 N–H and O–H groups in total. The van der Waals surface area contributed by atoms with Gasteiger partial charge in [0, 0.05) is 25.6 Å². The second kappa shape index (κ2) is 6.89. The van der Waals surface area contributed by atoms with Crippen LogP contribution in [-0.4, -0.2) is 32.2 Å². The Kier molecular flexibility index (Phi) is 7.02. The van der Waals surface area contributed by atoms with Crippen molar-refractivity contribution in [1.82, 2.24) is 5.32 Å². The fourth-order valence-electron chi connectivity index (χ4n) is 0.650. The standard InChI is InChI=1S/C8H18ClNO/c1-7(2)8(9)6-10-4-5-11-3/h7-8,10H,4-6H2,1-3H3. The predicted molar refractivity (Wildman–Crippen MR) is 49.2 cm³/mol. The highest BCUT2D eigenvalue weighted by Crippen LogP contribution is 2.06. The van der Waals surface area contributed by atoms with E-state index in [1.54, 1.807) is 7.11 Å². The van der Waals surface area contributed by atoms with E-state index in [9.17, 15) is 0 Å². The Bertz CT molecular complexity index is 88.2. The number of alkyl halides is 1. The van der Waals surface area contributed by atoms with Gasteiger partial charge in [0.2, 0.25) is 0 Å². The van der Waals surface area contributed by atoms with Gasteiger partial charge in [0.25, 0.3) is 0 Å². The van der Waals surface area contributed by atoms with Crippen molar-refractivity contribution in [2.75, 3.05) is 26.8 Å². The number of hydrogen-bond donors (Lipinski definition) is 1. The summed E-state index contributed by atoms with van der Waals surface area (Å²) >= 11 is 5.99. The van der Waals surface area contributed by atoms with Crippen LogP contribution in [0, 0.1) is 5.92 Å². The third-order valence-corrected chi connectivity index (χ3v) is 2.20. The summed E-state index contributed by atoms with van der Waals surface area (Å²) in [4.78, 5) is 0. The summed E-state index contributed by atoms with van der Waals surface area (Å²) in [6.45, 7) is 6.74. The van der Waals surface area contributed by atoms with Gasteiger partial charge in [-0.15, -0.1) is 11.6 Å². The lowest BCUT2D eigenvalue weighted by atomic mass is 10.1. The van der Waals surface area contributed by atoms with Crippen LogP contribution in [0.2, 0.25) is 0 Å². The van der Waals surface area contributed by atoms with Gasteiger partial charge in [0.1, 0.15) is 0 Å². The topological polar surface area (TPSA) is 21.3 Å². The fraction of sp³-hybridized carbons (Fsp3) is 1.00. The lowest BCUT2D eigenvalue weighted by Gasteiger charge is -2.13. The number of ether oxygens (including phenoxy) is 1. The molecule has 0 aromatic heterocycles. The van der Waals surface area contributed by atoms with Crippen molar-refractivity contribution in [2.45, 2.75) is 19.2 Å². The second-order valence-corrected chi connectivity index (χ2v) is 3.52. The van der Waals surface area contributed by atoms with Crippen LogP contribution in [0.5, 0.6) is 0 Å². The van der Waals surface area contributed by atoms with Gasteiger partial charge in [0.15, 0.2) is 0 Å². The Hall–Kier alpha value is 0.210. The quantitative estimate of drug-likeness (QED) is 0.493. The molecule has 0 saturated carbocycles. The van der Waals surface area contributed by atoms with Crippen LogP contribution >= 0.6 is 11.6 Å². The highest BCUT2D eigenvalue weighted by atomic mass is 35.5. The van der Waals surface area contributed by atoms with E-state index in [1.807, 2.05) is 0 Å². The number of halogens is 1. The van der Waals surface area contributed by atoms with E-state index in [2.05, 4.69) is 19.2 Å². The largest absolute Gasteiger partial charge is 0.383 e.